The smallest absolute Gasteiger partial charge is 0.0931 e. The second-order valence-corrected chi connectivity index (χ2v) is 6.32. The molecule has 0 fully saturated rings. The molecule has 1 aromatic carbocycles. The lowest BCUT2D eigenvalue weighted by Gasteiger charge is -2.18. The van der Waals surface area contributed by atoms with E-state index in [1.807, 2.05) is 13.1 Å². The summed E-state index contributed by atoms with van der Waals surface area (Å²) in [4.78, 5) is 1.35. The molecule has 0 spiro atoms. The van der Waals surface area contributed by atoms with E-state index < -0.39 is 0 Å². The maximum atomic E-state index is 6.00. The number of halogens is 1. The molecule has 0 aliphatic rings. The normalized spacial score (nSPS) is 12.6. The Labute approximate surface area is 118 Å². The van der Waals surface area contributed by atoms with E-state index in [1.165, 1.54) is 16.0 Å². The average molecular weight is 280 g/mol. The van der Waals surface area contributed by atoms with Crippen molar-refractivity contribution in [3.8, 4) is 0 Å². The van der Waals surface area contributed by atoms with Gasteiger partial charge in [0, 0.05) is 17.3 Å². The number of likely N-dealkylation sites (N-methyl/N-ethyl adjacent to an activating group) is 1. The molecule has 18 heavy (non-hydrogen) atoms. The van der Waals surface area contributed by atoms with Gasteiger partial charge in [0.25, 0.3) is 0 Å². The van der Waals surface area contributed by atoms with Crippen LogP contribution in [-0.2, 0) is 6.42 Å². The summed E-state index contributed by atoms with van der Waals surface area (Å²) >= 11 is 7.68. The minimum Gasteiger partial charge on any atom is -0.319 e. The fourth-order valence-electron chi connectivity index (χ4n) is 2.29. The number of hydrogen-bond donors (Lipinski definition) is 1. The molecule has 1 N–H and O–H groups in total. The summed E-state index contributed by atoms with van der Waals surface area (Å²) in [5, 5.41) is 3.29. The first-order chi connectivity index (χ1) is 8.70. The van der Waals surface area contributed by atoms with E-state index in [0.717, 1.165) is 17.3 Å². The highest BCUT2D eigenvalue weighted by Gasteiger charge is 2.14. The standard InChI is InChI=1S/C15H18ClNS/c1-11-5-3-4-6-14(11)12(10-17-2)9-13-7-8-15(16)18-13/h3-8,12,17H,9-10H2,1-2H3. The van der Waals surface area contributed by atoms with E-state index in [9.17, 15) is 0 Å². The number of benzene rings is 1. The zero-order chi connectivity index (χ0) is 13.0. The second-order valence-electron chi connectivity index (χ2n) is 4.52. The third-order valence-electron chi connectivity index (χ3n) is 3.16. The van der Waals surface area contributed by atoms with Crippen LogP contribution in [0.2, 0.25) is 4.34 Å². The van der Waals surface area contributed by atoms with Crippen LogP contribution in [-0.4, -0.2) is 13.6 Å². The van der Waals surface area contributed by atoms with E-state index in [2.05, 4.69) is 42.6 Å². The van der Waals surface area contributed by atoms with Crippen molar-refractivity contribution >= 4 is 22.9 Å². The Morgan fingerprint density at radius 3 is 2.61 bits per heavy atom. The second kappa shape index (κ2) is 6.37. The van der Waals surface area contributed by atoms with Crippen molar-refractivity contribution in [2.45, 2.75) is 19.3 Å². The molecule has 1 aromatic heterocycles. The summed E-state index contributed by atoms with van der Waals surface area (Å²) in [6.07, 6.45) is 1.04. The summed E-state index contributed by atoms with van der Waals surface area (Å²) in [6.45, 7) is 3.17. The molecule has 0 radical (unpaired) electrons. The van der Waals surface area contributed by atoms with Crippen LogP contribution in [0.25, 0.3) is 0 Å². The Hall–Kier alpha value is -0.830. The van der Waals surface area contributed by atoms with Crippen molar-refractivity contribution in [3.05, 3.63) is 56.7 Å². The minimum atomic E-state index is 0.505. The molecule has 1 heterocycles. The van der Waals surface area contributed by atoms with Gasteiger partial charge < -0.3 is 5.32 Å². The summed E-state index contributed by atoms with van der Waals surface area (Å²) < 4.78 is 0.873. The Bertz CT molecular complexity index is 507. The first-order valence-electron chi connectivity index (χ1n) is 6.15. The predicted octanol–water partition coefficient (Wildman–Crippen LogP) is 4.26. The maximum Gasteiger partial charge on any atom is 0.0931 e. The van der Waals surface area contributed by atoms with E-state index in [1.54, 1.807) is 11.3 Å². The van der Waals surface area contributed by atoms with Gasteiger partial charge in [-0.15, -0.1) is 11.3 Å². The van der Waals surface area contributed by atoms with E-state index in [0.29, 0.717) is 5.92 Å². The van der Waals surface area contributed by atoms with Crippen LogP contribution >= 0.6 is 22.9 Å². The quantitative estimate of drug-likeness (QED) is 0.862. The average Bonchev–Trinajstić information content (AvgIpc) is 2.75. The van der Waals surface area contributed by atoms with Gasteiger partial charge in [-0.05, 0) is 43.7 Å². The molecular weight excluding hydrogens is 262 g/mol. The SMILES string of the molecule is CNCC(Cc1ccc(Cl)s1)c1ccccc1C. The number of nitrogens with one attached hydrogen (secondary N) is 1. The number of thiophene rings is 1. The predicted molar refractivity (Wildman–Crippen MR) is 80.9 cm³/mol. The Balaban J connectivity index is 2.20. The molecule has 2 rings (SSSR count). The van der Waals surface area contributed by atoms with Crippen LogP contribution in [0.3, 0.4) is 0 Å². The molecule has 0 saturated carbocycles. The molecule has 0 aliphatic heterocycles. The highest BCUT2D eigenvalue weighted by molar-refractivity contribution is 7.16. The summed E-state index contributed by atoms with van der Waals surface area (Å²) in [5.74, 6) is 0.505. The van der Waals surface area contributed by atoms with Crippen LogP contribution in [0.4, 0.5) is 0 Å². The van der Waals surface area contributed by atoms with Crippen molar-refractivity contribution < 1.29 is 0 Å². The van der Waals surface area contributed by atoms with Gasteiger partial charge in [0.1, 0.15) is 0 Å². The van der Waals surface area contributed by atoms with Crippen LogP contribution in [0, 0.1) is 6.92 Å². The lowest BCUT2D eigenvalue weighted by Crippen LogP contribution is -2.19. The van der Waals surface area contributed by atoms with Crippen molar-refractivity contribution in [2.75, 3.05) is 13.6 Å². The van der Waals surface area contributed by atoms with Gasteiger partial charge in [-0.3, -0.25) is 0 Å². The van der Waals surface area contributed by atoms with Gasteiger partial charge in [-0.25, -0.2) is 0 Å². The molecule has 0 aliphatic carbocycles. The maximum absolute atomic E-state index is 6.00. The van der Waals surface area contributed by atoms with Crippen molar-refractivity contribution in [1.29, 1.82) is 0 Å². The van der Waals surface area contributed by atoms with Crippen LogP contribution < -0.4 is 5.32 Å². The molecule has 1 unspecified atom stereocenters. The zero-order valence-corrected chi connectivity index (χ0v) is 12.3. The van der Waals surface area contributed by atoms with Crippen molar-refractivity contribution in [3.63, 3.8) is 0 Å². The fourth-order valence-corrected chi connectivity index (χ4v) is 3.46. The molecule has 0 bridgehead atoms. The molecule has 1 atom stereocenters. The Morgan fingerprint density at radius 2 is 2.00 bits per heavy atom. The summed E-state index contributed by atoms with van der Waals surface area (Å²) in [7, 11) is 2.01. The number of rotatable bonds is 5. The highest BCUT2D eigenvalue weighted by Crippen LogP contribution is 2.28. The van der Waals surface area contributed by atoms with Gasteiger partial charge in [0.05, 0.1) is 4.34 Å². The lowest BCUT2D eigenvalue weighted by atomic mass is 9.91. The molecule has 3 heteroatoms. The molecule has 1 nitrogen and oxygen atoms in total. The van der Waals surface area contributed by atoms with Gasteiger partial charge in [0.15, 0.2) is 0 Å². The van der Waals surface area contributed by atoms with E-state index in [4.69, 9.17) is 11.6 Å². The van der Waals surface area contributed by atoms with E-state index in [-0.39, 0.29) is 0 Å². The Morgan fingerprint density at radius 1 is 1.22 bits per heavy atom. The highest BCUT2D eigenvalue weighted by atomic mass is 35.5. The van der Waals surface area contributed by atoms with Crippen LogP contribution in [0.15, 0.2) is 36.4 Å². The first kappa shape index (κ1) is 13.6. The van der Waals surface area contributed by atoms with Gasteiger partial charge >= 0.3 is 0 Å². The van der Waals surface area contributed by atoms with Crippen LogP contribution in [0.1, 0.15) is 21.9 Å². The third kappa shape index (κ3) is 3.35. The zero-order valence-electron chi connectivity index (χ0n) is 10.7. The molecule has 2 aromatic rings. The van der Waals surface area contributed by atoms with Gasteiger partial charge in [-0.1, -0.05) is 35.9 Å². The number of aryl methyl sites for hydroxylation is 1. The minimum absolute atomic E-state index is 0.505. The first-order valence-corrected chi connectivity index (χ1v) is 7.34. The lowest BCUT2D eigenvalue weighted by molar-refractivity contribution is 0.627. The molecular formula is C15H18ClNS. The largest absolute Gasteiger partial charge is 0.319 e. The Kier molecular flexibility index (Phi) is 4.81. The van der Waals surface area contributed by atoms with Gasteiger partial charge in [-0.2, -0.15) is 0 Å². The topological polar surface area (TPSA) is 12.0 Å². The number of hydrogen-bond acceptors (Lipinski definition) is 2. The summed E-state index contributed by atoms with van der Waals surface area (Å²) in [6, 6.07) is 12.7. The van der Waals surface area contributed by atoms with Crippen molar-refractivity contribution in [2.24, 2.45) is 0 Å². The van der Waals surface area contributed by atoms with Crippen LogP contribution in [0.5, 0.6) is 0 Å². The third-order valence-corrected chi connectivity index (χ3v) is 4.41. The van der Waals surface area contributed by atoms with Crippen molar-refractivity contribution in [1.82, 2.24) is 5.32 Å². The molecule has 0 saturated heterocycles. The molecule has 0 amide bonds. The molecule has 96 valence electrons. The van der Waals surface area contributed by atoms with E-state index >= 15 is 0 Å². The summed E-state index contributed by atoms with van der Waals surface area (Å²) in [5.41, 5.74) is 2.79. The monoisotopic (exact) mass is 279 g/mol. The fraction of sp³-hybridized carbons (Fsp3) is 0.333. The van der Waals surface area contributed by atoms with Gasteiger partial charge in [0.2, 0.25) is 0 Å².